The van der Waals surface area contributed by atoms with Crippen molar-refractivity contribution in [2.75, 3.05) is 19.6 Å². The summed E-state index contributed by atoms with van der Waals surface area (Å²) in [5, 5.41) is 3.48. The Kier molecular flexibility index (Phi) is 4.72. The number of rotatable bonds is 5. The molecule has 1 heterocycles. The normalized spacial score (nSPS) is 19.9. The third kappa shape index (κ3) is 3.53. The molecule has 0 aliphatic carbocycles. The zero-order valence-electron chi connectivity index (χ0n) is 11.3. The highest BCUT2D eigenvalue weighted by atomic mass is 19.1. The molecule has 1 N–H and O–H groups in total. The van der Waals surface area contributed by atoms with Gasteiger partial charge in [0.25, 0.3) is 0 Å². The van der Waals surface area contributed by atoms with E-state index in [2.05, 4.69) is 17.1 Å². The van der Waals surface area contributed by atoms with E-state index in [1.54, 1.807) is 6.07 Å². The summed E-state index contributed by atoms with van der Waals surface area (Å²) in [4.78, 5) is 2.48. The minimum absolute atomic E-state index is 0.0591. The summed E-state index contributed by atoms with van der Waals surface area (Å²) in [5.74, 6) is -0.120. The van der Waals surface area contributed by atoms with Gasteiger partial charge in [-0.15, -0.1) is 0 Å². The van der Waals surface area contributed by atoms with E-state index in [0.29, 0.717) is 6.04 Å². The maximum absolute atomic E-state index is 13.6. The standard InChI is InChI=1S/C15H23FN2/c1-12(11-18-9-5-6-10-18)17-13(2)14-7-3-4-8-15(14)16/h3-4,7-8,12-13,17H,5-6,9-11H2,1-2H3. The van der Waals surface area contributed by atoms with Gasteiger partial charge >= 0.3 is 0 Å². The molecule has 1 aliphatic rings. The van der Waals surface area contributed by atoms with E-state index in [9.17, 15) is 4.39 Å². The van der Waals surface area contributed by atoms with Gasteiger partial charge in [0.05, 0.1) is 0 Å². The molecule has 0 spiro atoms. The Morgan fingerprint density at radius 2 is 1.89 bits per heavy atom. The molecule has 2 atom stereocenters. The van der Waals surface area contributed by atoms with Gasteiger partial charge in [-0.2, -0.15) is 0 Å². The number of hydrogen-bond acceptors (Lipinski definition) is 2. The molecule has 0 saturated carbocycles. The van der Waals surface area contributed by atoms with Crippen LogP contribution in [0.4, 0.5) is 4.39 Å². The third-order valence-corrected chi connectivity index (χ3v) is 3.64. The lowest BCUT2D eigenvalue weighted by atomic mass is 10.1. The molecule has 1 aromatic rings. The van der Waals surface area contributed by atoms with Crippen molar-refractivity contribution in [3.05, 3.63) is 35.6 Å². The Bertz CT molecular complexity index is 375. The number of likely N-dealkylation sites (tertiary alicyclic amines) is 1. The SMILES string of the molecule is CC(CN1CCCC1)NC(C)c1ccccc1F. The van der Waals surface area contributed by atoms with E-state index < -0.39 is 0 Å². The quantitative estimate of drug-likeness (QED) is 0.864. The molecule has 2 nitrogen and oxygen atoms in total. The number of nitrogens with one attached hydrogen (secondary N) is 1. The van der Waals surface area contributed by atoms with Crippen LogP contribution in [-0.4, -0.2) is 30.6 Å². The van der Waals surface area contributed by atoms with Gasteiger partial charge in [0.2, 0.25) is 0 Å². The second-order valence-corrected chi connectivity index (χ2v) is 5.32. The van der Waals surface area contributed by atoms with Gasteiger partial charge in [0, 0.05) is 24.2 Å². The van der Waals surface area contributed by atoms with Crippen LogP contribution in [0, 0.1) is 5.82 Å². The largest absolute Gasteiger partial charge is 0.306 e. The summed E-state index contributed by atoms with van der Waals surface area (Å²) >= 11 is 0. The Labute approximate surface area is 109 Å². The van der Waals surface area contributed by atoms with Gasteiger partial charge < -0.3 is 10.2 Å². The van der Waals surface area contributed by atoms with Crippen molar-refractivity contribution in [1.29, 1.82) is 0 Å². The summed E-state index contributed by atoms with van der Waals surface area (Å²) in [7, 11) is 0. The Morgan fingerprint density at radius 3 is 2.56 bits per heavy atom. The van der Waals surface area contributed by atoms with E-state index >= 15 is 0 Å². The van der Waals surface area contributed by atoms with E-state index in [-0.39, 0.29) is 11.9 Å². The zero-order chi connectivity index (χ0) is 13.0. The fourth-order valence-electron chi connectivity index (χ4n) is 2.75. The lowest BCUT2D eigenvalue weighted by Crippen LogP contribution is -2.39. The topological polar surface area (TPSA) is 15.3 Å². The molecule has 1 aliphatic heterocycles. The highest BCUT2D eigenvalue weighted by molar-refractivity contribution is 5.20. The van der Waals surface area contributed by atoms with Crippen LogP contribution < -0.4 is 5.32 Å². The van der Waals surface area contributed by atoms with E-state index in [1.165, 1.54) is 32.0 Å². The molecule has 18 heavy (non-hydrogen) atoms. The van der Waals surface area contributed by atoms with Gasteiger partial charge in [-0.25, -0.2) is 4.39 Å². The van der Waals surface area contributed by atoms with Gasteiger partial charge in [-0.3, -0.25) is 0 Å². The van der Waals surface area contributed by atoms with Crippen LogP contribution in [0.3, 0.4) is 0 Å². The molecular formula is C15H23FN2. The first-order valence-corrected chi connectivity index (χ1v) is 6.89. The number of hydrogen-bond donors (Lipinski definition) is 1. The number of halogens is 1. The van der Waals surface area contributed by atoms with Crippen molar-refractivity contribution >= 4 is 0 Å². The lowest BCUT2D eigenvalue weighted by Gasteiger charge is -2.25. The fourth-order valence-corrected chi connectivity index (χ4v) is 2.75. The van der Waals surface area contributed by atoms with Gasteiger partial charge in [0.1, 0.15) is 5.82 Å². The maximum atomic E-state index is 13.6. The molecular weight excluding hydrogens is 227 g/mol. The van der Waals surface area contributed by atoms with Crippen LogP contribution in [0.15, 0.2) is 24.3 Å². The van der Waals surface area contributed by atoms with Crippen molar-refractivity contribution in [2.24, 2.45) is 0 Å². The minimum Gasteiger partial charge on any atom is -0.306 e. The molecule has 0 bridgehead atoms. The Hall–Kier alpha value is -0.930. The fraction of sp³-hybridized carbons (Fsp3) is 0.600. The average Bonchev–Trinajstić information content (AvgIpc) is 2.82. The summed E-state index contributed by atoms with van der Waals surface area (Å²) in [6.45, 7) is 7.67. The van der Waals surface area contributed by atoms with Crippen molar-refractivity contribution in [3.63, 3.8) is 0 Å². The first kappa shape index (κ1) is 13.5. The average molecular weight is 250 g/mol. The third-order valence-electron chi connectivity index (χ3n) is 3.64. The molecule has 3 heteroatoms. The highest BCUT2D eigenvalue weighted by Crippen LogP contribution is 2.17. The summed E-state index contributed by atoms with van der Waals surface area (Å²) < 4.78 is 13.6. The highest BCUT2D eigenvalue weighted by Gasteiger charge is 2.17. The van der Waals surface area contributed by atoms with Crippen LogP contribution in [-0.2, 0) is 0 Å². The zero-order valence-corrected chi connectivity index (χ0v) is 11.3. The van der Waals surface area contributed by atoms with E-state index in [4.69, 9.17) is 0 Å². The van der Waals surface area contributed by atoms with Crippen molar-refractivity contribution in [2.45, 2.75) is 38.8 Å². The maximum Gasteiger partial charge on any atom is 0.127 e. The minimum atomic E-state index is -0.120. The molecule has 0 amide bonds. The molecule has 1 fully saturated rings. The van der Waals surface area contributed by atoms with E-state index in [1.807, 2.05) is 19.1 Å². The second-order valence-electron chi connectivity index (χ2n) is 5.32. The van der Waals surface area contributed by atoms with E-state index in [0.717, 1.165) is 12.1 Å². The molecule has 1 aromatic carbocycles. The van der Waals surface area contributed by atoms with Crippen molar-refractivity contribution in [3.8, 4) is 0 Å². The van der Waals surface area contributed by atoms with Crippen LogP contribution in [0.5, 0.6) is 0 Å². The van der Waals surface area contributed by atoms with Gasteiger partial charge in [-0.1, -0.05) is 18.2 Å². The van der Waals surface area contributed by atoms with Crippen LogP contribution in [0.25, 0.3) is 0 Å². The summed E-state index contributed by atoms with van der Waals surface area (Å²) in [6, 6.07) is 7.45. The van der Waals surface area contributed by atoms with Crippen LogP contribution >= 0.6 is 0 Å². The smallest absolute Gasteiger partial charge is 0.127 e. The van der Waals surface area contributed by atoms with Gasteiger partial charge in [-0.05, 0) is 45.8 Å². The first-order valence-electron chi connectivity index (χ1n) is 6.89. The molecule has 100 valence electrons. The molecule has 2 unspecified atom stereocenters. The van der Waals surface area contributed by atoms with Crippen molar-refractivity contribution < 1.29 is 4.39 Å². The second kappa shape index (κ2) is 6.30. The summed E-state index contributed by atoms with van der Waals surface area (Å²) in [5.41, 5.74) is 0.755. The monoisotopic (exact) mass is 250 g/mol. The molecule has 1 saturated heterocycles. The number of benzene rings is 1. The lowest BCUT2D eigenvalue weighted by molar-refractivity contribution is 0.288. The number of nitrogens with zero attached hydrogens (tertiary/aromatic N) is 1. The van der Waals surface area contributed by atoms with Crippen LogP contribution in [0.1, 0.15) is 38.3 Å². The summed E-state index contributed by atoms with van der Waals surface area (Å²) in [6.07, 6.45) is 2.63. The van der Waals surface area contributed by atoms with Crippen LogP contribution in [0.2, 0.25) is 0 Å². The molecule has 2 rings (SSSR count). The first-order chi connectivity index (χ1) is 8.66. The molecule has 0 radical (unpaired) electrons. The van der Waals surface area contributed by atoms with Crippen molar-refractivity contribution in [1.82, 2.24) is 10.2 Å². The molecule has 0 aromatic heterocycles. The predicted octanol–water partition coefficient (Wildman–Crippen LogP) is 2.96. The predicted molar refractivity (Wildman–Crippen MR) is 73.1 cm³/mol. The Morgan fingerprint density at radius 1 is 1.22 bits per heavy atom. The van der Waals surface area contributed by atoms with Gasteiger partial charge in [0.15, 0.2) is 0 Å². The Balaban J connectivity index is 1.86.